The van der Waals surface area contributed by atoms with E-state index in [9.17, 15) is 9.59 Å². The fourth-order valence-corrected chi connectivity index (χ4v) is 3.05. The molecule has 0 aromatic carbocycles. The Morgan fingerprint density at radius 1 is 1.30 bits per heavy atom. The molecule has 1 N–H and O–H groups in total. The van der Waals surface area contributed by atoms with Crippen molar-refractivity contribution in [2.75, 3.05) is 6.61 Å². The second-order valence-electron chi connectivity index (χ2n) is 5.00. The molecule has 1 atom stereocenters. The number of aromatic nitrogens is 3. The van der Waals surface area contributed by atoms with E-state index in [1.807, 2.05) is 0 Å². The fourth-order valence-electron chi connectivity index (χ4n) is 2.27. The van der Waals surface area contributed by atoms with Gasteiger partial charge in [-0.05, 0) is 39.3 Å². The molecule has 23 heavy (non-hydrogen) atoms. The smallest absolute Gasteiger partial charge is 0.340 e. The molecule has 2 heterocycles. The average Bonchev–Trinajstić information content (AvgIpc) is 2.82. The molecule has 0 aliphatic heterocycles. The molecule has 7 heteroatoms. The van der Waals surface area contributed by atoms with Gasteiger partial charge in [-0.1, -0.05) is 11.8 Å². The SMILES string of the molecule is CCOC(=O)c1c(C)[nH]c(C(=O)[C@@H](C)Sc2ncccn2)c1C. The van der Waals surface area contributed by atoms with Crippen LogP contribution in [-0.4, -0.2) is 38.6 Å². The molecule has 0 aliphatic rings. The fraction of sp³-hybridized carbons (Fsp3) is 0.375. The number of thioether (sulfide) groups is 1. The summed E-state index contributed by atoms with van der Waals surface area (Å²) >= 11 is 1.28. The Kier molecular flexibility index (Phi) is 5.54. The zero-order valence-electron chi connectivity index (χ0n) is 13.5. The molecule has 2 aromatic heterocycles. The van der Waals surface area contributed by atoms with E-state index in [2.05, 4.69) is 15.0 Å². The molecule has 0 bridgehead atoms. The highest BCUT2D eigenvalue weighted by molar-refractivity contribution is 8.00. The standard InChI is InChI=1S/C16H19N3O3S/c1-5-22-15(21)12-9(2)13(19-10(12)3)14(20)11(4)23-16-17-7-6-8-18-16/h6-8,11,19H,5H2,1-4H3/t11-/m1/s1. The first-order valence-electron chi connectivity index (χ1n) is 7.29. The minimum absolute atomic E-state index is 0.0985. The maximum absolute atomic E-state index is 12.7. The Labute approximate surface area is 139 Å². The molecular formula is C16H19N3O3S. The van der Waals surface area contributed by atoms with E-state index in [0.29, 0.717) is 34.3 Å². The maximum atomic E-state index is 12.7. The first-order chi connectivity index (χ1) is 11.0. The monoisotopic (exact) mass is 333 g/mol. The van der Waals surface area contributed by atoms with E-state index in [0.717, 1.165) is 0 Å². The number of nitrogens with zero attached hydrogens (tertiary/aromatic N) is 2. The zero-order valence-corrected chi connectivity index (χ0v) is 14.4. The normalized spacial score (nSPS) is 12.0. The van der Waals surface area contributed by atoms with E-state index in [1.165, 1.54) is 11.8 Å². The largest absolute Gasteiger partial charge is 0.462 e. The van der Waals surface area contributed by atoms with Crippen molar-refractivity contribution in [3.8, 4) is 0 Å². The summed E-state index contributed by atoms with van der Waals surface area (Å²) in [5.74, 6) is -0.511. The van der Waals surface area contributed by atoms with Crippen molar-refractivity contribution in [1.29, 1.82) is 0 Å². The number of carbonyl (C=O) groups excluding carboxylic acids is 2. The summed E-state index contributed by atoms with van der Waals surface area (Å²) in [6.07, 6.45) is 3.27. The highest BCUT2D eigenvalue weighted by Crippen LogP contribution is 2.26. The number of aryl methyl sites for hydroxylation is 1. The number of ketones is 1. The lowest BCUT2D eigenvalue weighted by atomic mass is 10.1. The third-order valence-corrected chi connectivity index (χ3v) is 4.35. The number of ether oxygens (including phenoxy) is 1. The van der Waals surface area contributed by atoms with Crippen molar-refractivity contribution in [1.82, 2.24) is 15.0 Å². The van der Waals surface area contributed by atoms with Crippen LogP contribution in [0.25, 0.3) is 0 Å². The number of rotatable bonds is 6. The summed E-state index contributed by atoms with van der Waals surface area (Å²) < 4.78 is 5.04. The Morgan fingerprint density at radius 2 is 1.96 bits per heavy atom. The second kappa shape index (κ2) is 7.41. The Hall–Kier alpha value is -2.15. The third-order valence-electron chi connectivity index (χ3n) is 3.36. The number of H-pyrrole nitrogens is 1. The van der Waals surface area contributed by atoms with Crippen LogP contribution >= 0.6 is 11.8 Å². The van der Waals surface area contributed by atoms with Gasteiger partial charge in [-0.15, -0.1) is 0 Å². The Morgan fingerprint density at radius 3 is 2.57 bits per heavy atom. The molecule has 2 rings (SSSR count). The molecule has 0 fully saturated rings. The van der Waals surface area contributed by atoms with Gasteiger partial charge in [-0.2, -0.15) is 0 Å². The van der Waals surface area contributed by atoms with Crippen LogP contribution in [0.1, 0.15) is 46.0 Å². The highest BCUT2D eigenvalue weighted by Gasteiger charge is 2.26. The van der Waals surface area contributed by atoms with E-state index < -0.39 is 5.97 Å². The molecule has 0 saturated heterocycles. The second-order valence-corrected chi connectivity index (χ2v) is 6.31. The number of aromatic amines is 1. The lowest BCUT2D eigenvalue weighted by Gasteiger charge is -2.08. The van der Waals surface area contributed by atoms with Gasteiger partial charge in [-0.25, -0.2) is 14.8 Å². The quantitative estimate of drug-likeness (QED) is 0.379. The lowest BCUT2D eigenvalue weighted by Crippen LogP contribution is -2.16. The molecule has 122 valence electrons. The van der Waals surface area contributed by atoms with E-state index >= 15 is 0 Å². The van der Waals surface area contributed by atoms with Gasteiger partial charge < -0.3 is 9.72 Å². The predicted molar refractivity (Wildman–Crippen MR) is 87.9 cm³/mol. The Bertz CT molecular complexity index is 713. The number of Topliss-reactive ketones (excluding diaryl/α,β-unsaturated/α-hetero) is 1. The van der Waals surface area contributed by atoms with Crippen LogP contribution in [0.2, 0.25) is 0 Å². The number of carbonyl (C=O) groups is 2. The Balaban J connectivity index is 2.22. The van der Waals surface area contributed by atoms with Crippen molar-refractivity contribution in [3.63, 3.8) is 0 Å². The minimum atomic E-state index is -0.413. The molecule has 6 nitrogen and oxygen atoms in total. The lowest BCUT2D eigenvalue weighted by molar-refractivity contribution is 0.0525. The molecule has 0 radical (unpaired) electrons. The summed E-state index contributed by atoms with van der Waals surface area (Å²) in [5, 5.41) is 0.170. The number of esters is 1. The van der Waals surface area contributed by atoms with Crippen molar-refractivity contribution >= 4 is 23.5 Å². The van der Waals surface area contributed by atoms with Crippen LogP contribution in [-0.2, 0) is 4.74 Å². The number of hydrogen-bond donors (Lipinski definition) is 1. The van der Waals surface area contributed by atoms with Crippen LogP contribution < -0.4 is 0 Å². The predicted octanol–water partition coefficient (Wildman–Crippen LogP) is 2.96. The van der Waals surface area contributed by atoms with Crippen LogP contribution in [0, 0.1) is 13.8 Å². The maximum Gasteiger partial charge on any atom is 0.340 e. The van der Waals surface area contributed by atoms with Gasteiger partial charge in [0.2, 0.25) is 0 Å². The molecule has 0 saturated carbocycles. The molecular weight excluding hydrogens is 314 g/mol. The van der Waals surface area contributed by atoms with Crippen molar-refractivity contribution < 1.29 is 14.3 Å². The summed E-state index contributed by atoms with van der Waals surface area (Å²) in [7, 11) is 0. The molecule has 0 amide bonds. The van der Waals surface area contributed by atoms with Crippen LogP contribution in [0.5, 0.6) is 0 Å². The molecule has 0 aliphatic carbocycles. The number of nitrogens with one attached hydrogen (secondary N) is 1. The summed E-state index contributed by atoms with van der Waals surface area (Å²) in [6.45, 7) is 7.35. The van der Waals surface area contributed by atoms with Crippen LogP contribution in [0.3, 0.4) is 0 Å². The van der Waals surface area contributed by atoms with Gasteiger partial charge in [0, 0.05) is 18.1 Å². The minimum Gasteiger partial charge on any atom is -0.462 e. The van der Waals surface area contributed by atoms with Gasteiger partial charge in [-0.3, -0.25) is 4.79 Å². The molecule has 0 spiro atoms. The van der Waals surface area contributed by atoms with E-state index in [1.54, 1.807) is 46.2 Å². The van der Waals surface area contributed by atoms with Crippen molar-refractivity contribution in [3.05, 3.63) is 41.0 Å². The van der Waals surface area contributed by atoms with Crippen LogP contribution in [0.15, 0.2) is 23.6 Å². The summed E-state index contributed by atoms with van der Waals surface area (Å²) in [6, 6.07) is 1.72. The van der Waals surface area contributed by atoms with Gasteiger partial charge in [0.15, 0.2) is 10.9 Å². The van der Waals surface area contributed by atoms with Crippen LogP contribution in [0.4, 0.5) is 0 Å². The van der Waals surface area contributed by atoms with Gasteiger partial charge in [0.25, 0.3) is 0 Å². The summed E-state index contributed by atoms with van der Waals surface area (Å²) in [5.41, 5.74) is 2.12. The zero-order chi connectivity index (χ0) is 17.0. The van der Waals surface area contributed by atoms with Crippen molar-refractivity contribution in [2.45, 2.75) is 38.1 Å². The van der Waals surface area contributed by atoms with Gasteiger partial charge in [0.1, 0.15) is 0 Å². The molecule has 2 aromatic rings. The first-order valence-corrected chi connectivity index (χ1v) is 8.17. The number of hydrogen-bond acceptors (Lipinski definition) is 6. The topological polar surface area (TPSA) is 84.9 Å². The highest BCUT2D eigenvalue weighted by atomic mass is 32.2. The van der Waals surface area contributed by atoms with E-state index in [4.69, 9.17) is 4.74 Å². The third kappa shape index (κ3) is 3.79. The first kappa shape index (κ1) is 17.2. The van der Waals surface area contributed by atoms with Crippen molar-refractivity contribution in [2.24, 2.45) is 0 Å². The van der Waals surface area contributed by atoms with Gasteiger partial charge in [0.05, 0.1) is 23.1 Å². The van der Waals surface area contributed by atoms with Gasteiger partial charge >= 0.3 is 5.97 Å². The molecule has 0 unspecified atom stereocenters. The van der Waals surface area contributed by atoms with E-state index in [-0.39, 0.29) is 11.0 Å². The average molecular weight is 333 g/mol. The summed E-state index contributed by atoms with van der Waals surface area (Å²) in [4.78, 5) is 35.9.